The van der Waals surface area contributed by atoms with Gasteiger partial charge in [-0.15, -0.1) is 0 Å². The molecule has 1 unspecified atom stereocenters. The van der Waals surface area contributed by atoms with E-state index in [1.807, 2.05) is 0 Å². The Morgan fingerprint density at radius 2 is 1.19 bits per heavy atom. The number of rotatable bonds is 3. The van der Waals surface area contributed by atoms with Crippen molar-refractivity contribution in [1.82, 2.24) is 0 Å². The van der Waals surface area contributed by atoms with Crippen LogP contribution in [-0.4, -0.2) is 5.11 Å². The van der Waals surface area contributed by atoms with E-state index in [2.05, 4.69) is 71.9 Å². The Morgan fingerprint density at radius 3 is 1.62 bits per heavy atom. The standard InChI is InChI=1S/C20H26O/c1-12(2)17-7-9-18(10-8-17)20(21)19-15(5)13(3)11-14(4)16(19)6/h7-12,20-21H,1-6H3. The van der Waals surface area contributed by atoms with E-state index in [4.69, 9.17) is 0 Å². The molecule has 0 radical (unpaired) electrons. The molecule has 1 atom stereocenters. The highest BCUT2D eigenvalue weighted by atomic mass is 16.3. The number of aliphatic hydroxyl groups is 1. The van der Waals surface area contributed by atoms with Crippen LogP contribution in [0.15, 0.2) is 30.3 Å². The van der Waals surface area contributed by atoms with Crippen LogP contribution in [-0.2, 0) is 0 Å². The van der Waals surface area contributed by atoms with E-state index >= 15 is 0 Å². The average Bonchev–Trinajstić information content (AvgIpc) is 2.45. The highest BCUT2D eigenvalue weighted by Gasteiger charge is 2.18. The number of aliphatic hydroxyl groups excluding tert-OH is 1. The van der Waals surface area contributed by atoms with Crippen LogP contribution in [0.3, 0.4) is 0 Å². The smallest absolute Gasteiger partial charge is 0.105 e. The molecule has 0 saturated carbocycles. The zero-order valence-corrected chi connectivity index (χ0v) is 14.0. The van der Waals surface area contributed by atoms with Crippen molar-refractivity contribution < 1.29 is 5.11 Å². The summed E-state index contributed by atoms with van der Waals surface area (Å²) in [7, 11) is 0. The fourth-order valence-corrected chi connectivity index (χ4v) is 2.89. The molecule has 0 aliphatic carbocycles. The van der Waals surface area contributed by atoms with Crippen molar-refractivity contribution in [2.75, 3.05) is 0 Å². The van der Waals surface area contributed by atoms with E-state index in [0.717, 1.165) is 11.1 Å². The molecule has 0 aliphatic rings. The van der Waals surface area contributed by atoms with E-state index in [-0.39, 0.29) is 0 Å². The van der Waals surface area contributed by atoms with Gasteiger partial charge < -0.3 is 5.11 Å². The lowest BCUT2D eigenvalue weighted by molar-refractivity contribution is 0.218. The Hall–Kier alpha value is -1.60. The molecule has 0 bridgehead atoms. The third kappa shape index (κ3) is 3.03. The van der Waals surface area contributed by atoms with Crippen molar-refractivity contribution in [1.29, 1.82) is 0 Å². The predicted molar refractivity (Wildman–Crippen MR) is 90.0 cm³/mol. The van der Waals surface area contributed by atoms with Crippen LogP contribution < -0.4 is 0 Å². The highest BCUT2D eigenvalue weighted by Crippen LogP contribution is 2.32. The first kappa shape index (κ1) is 15.8. The lowest BCUT2D eigenvalue weighted by Crippen LogP contribution is -2.07. The lowest BCUT2D eigenvalue weighted by Gasteiger charge is -2.21. The Balaban J connectivity index is 2.47. The maximum absolute atomic E-state index is 10.8. The summed E-state index contributed by atoms with van der Waals surface area (Å²) in [5.41, 5.74) is 8.20. The summed E-state index contributed by atoms with van der Waals surface area (Å²) in [5, 5.41) is 10.8. The molecule has 21 heavy (non-hydrogen) atoms. The molecule has 1 heteroatoms. The summed E-state index contributed by atoms with van der Waals surface area (Å²) >= 11 is 0. The zero-order chi connectivity index (χ0) is 15.7. The summed E-state index contributed by atoms with van der Waals surface area (Å²) in [6.45, 7) is 12.8. The van der Waals surface area contributed by atoms with Gasteiger partial charge in [-0.25, -0.2) is 0 Å². The number of benzene rings is 2. The molecule has 2 aromatic rings. The van der Waals surface area contributed by atoms with Gasteiger partial charge in [0.2, 0.25) is 0 Å². The predicted octanol–water partition coefficient (Wildman–Crippen LogP) is 5.13. The van der Waals surface area contributed by atoms with Gasteiger partial charge in [-0.1, -0.05) is 44.2 Å². The summed E-state index contributed by atoms with van der Waals surface area (Å²) in [5.74, 6) is 0.515. The van der Waals surface area contributed by atoms with Crippen LogP contribution >= 0.6 is 0 Å². The van der Waals surface area contributed by atoms with Gasteiger partial charge in [0.15, 0.2) is 0 Å². The van der Waals surface area contributed by atoms with Gasteiger partial charge in [0.25, 0.3) is 0 Å². The Kier molecular flexibility index (Phi) is 4.53. The van der Waals surface area contributed by atoms with Crippen molar-refractivity contribution in [3.63, 3.8) is 0 Å². The van der Waals surface area contributed by atoms with Gasteiger partial charge in [-0.2, -0.15) is 0 Å². The third-order valence-corrected chi connectivity index (χ3v) is 4.62. The second-order valence-electron chi connectivity index (χ2n) is 6.40. The Morgan fingerprint density at radius 1 is 0.762 bits per heavy atom. The van der Waals surface area contributed by atoms with Crippen LogP contribution in [0.2, 0.25) is 0 Å². The maximum atomic E-state index is 10.8. The van der Waals surface area contributed by atoms with Gasteiger partial charge in [0, 0.05) is 0 Å². The Labute approximate surface area is 128 Å². The normalized spacial score (nSPS) is 12.8. The van der Waals surface area contributed by atoms with Gasteiger partial charge >= 0.3 is 0 Å². The van der Waals surface area contributed by atoms with Crippen molar-refractivity contribution in [2.45, 2.75) is 53.6 Å². The van der Waals surface area contributed by atoms with Gasteiger partial charge in [-0.05, 0) is 72.6 Å². The van der Waals surface area contributed by atoms with E-state index in [9.17, 15) is 5.11 Å². The molecule has 0 amide bonds. The molecule has 0 aromatic heterocycles. The van der Waals surface area contributed by atoms with Gasteiger partial charge in [-0.3, -0.25) is 0 Å². The number of hydrogen-bond donors (Lipinski definition) is 1. The lowest BCUT2D eigenvalue weighted by atomic mass is 9.88. The second kappa shape index (κ2) is 6.03. The summed E-state index contributed by atoms with van der Waals surface area (Å²) in [6.07, 6.45) is -0.551. The van der Waals surface area contributed by atoms with E-state index in [0.29, 0.717) is 5.92 Å². The molecule has 0 saturated heterocycles. The summed E-state index contributed by atoms with van der Waals surface area (Å²) < 4.78 is 0. The van der Waals surface area contributed by atoms with Crippen LogP contribution in [0.1, 0.15) is 64.8 Å². The molecular formula is C20H26O. The topological polar surface area (TPSA) is 20.2 Å². The largest absolute Gasteiger partial charge is 0.384 e. The molecule has 112 valence electrons. The van der Waals surface area contributed by atoms with Crippen molar-refractivity contribution in [3.05, 3.63) is 69.3 Å². The quantitative estimate of drug-likeness (QED) is 0.828. The SMILES string of the molecule is Cc1cc(C)c(C)c(C(O)c2ccc(C(C)C)cc2)c1C. The first-order valence-corrected chi connectivity index (χ1v) is 7.68. The van der Waals surface area contributed by atoms with Crippen LogP contribution in [0.5, 0.6) is 0 Å². The van der Waals surface area contributed by atoms with E-state index in [1.54, 1.807) is 0 Å². The molecular weight excluding hydrogens is 256 g/mol. The van der Waals surface area contributed by atoms with Gasteiger partial charge in [0.1, 0.15) is 6.10 Å². The molecule has 2 aromatic carbocycles. The van der Waals surface area contributed by atoms with E-state index < -0.39 is 6.10 Å². The van der Waals surface area contributed by atoms with Crippen LogP contribution in [0, 0.1) is 27.7 Å². The maximum Gasteiger partial charge on any atom is 0.105 e. The van der Waals surface area contributed by atoms with Crippen molar-refractivity contribution in [3.8, 4) is 0 Å². The molecule has 0 heterocycles. The van der Waals surface area contributed by atoms with Crippen molar-refractivity contribution in [2.24, 2.45) is 0 Å². The fraction of sp³-hybridized carbons (Fsp3) is 0.400. The first-order valence-electron chi connectivity index (χ1n) is 7.68. The molecule has 1 nitrogen and oxygen atoms in total. The second-order valence-corrected chi connectivity index (χ2v) is 6.40. The summed E-state index contributed by atoms with van der Waals surface area (Å²) in [4.78, 5) is 0. The minimum absolute atomic E-state index is 0.515. The minimum Gasteiger partial charge on any atom is -0.384 e. The zero-order valence-electron chi connectivity index (χ0n) is 14.0. The molecule has 1 N–H and O–H groups in total. The van der Waals surface area contributed by atoms with E-state index in [1.165, 1.54) is 27.8 Å². The molecule has 0 aliphatic heterocycles. The van der Waals surface area contributed by atoms with Crippen LogP contribution in [0.25, 0.3) is 0 Å². The minimum atomic E-state index is -0.551. The highest BCUT2D eigenvalue weighted by molar-refractivity contribution is 5.48. The summed E-state index contributed by atoms with van der Waals surface area (Å²) in [6, 6.07) is 10.5. The molecule has 0 spiro atoms. The molecule has 0 fully saturated rings. The van der Waals surface area contributed by atoms with Gasteiger partial charge in [0.05, 0.1) is 0 Å². The average molecular weight is 282 g/mol. The van der Waals surface area contributed by atoms with Crippen LogP contribution in [0.4, 0.5) is 0 Å². The number of hydrogen-bond acceptors (Lipinski definition) is 1. The Bertz CT molecular complexity index is 610. The number of aryl methyl sites for hydroxylation is 2. The first-order chi connectivity index (χ1) is 9.82. The molecule has 2 rings (SSSR count). The third-order valence-electron chi connectivity index (χ3n) is 4.62. The van der Waals surface area contributed by atoms with Crippen molar-refractivity contribution >= 4 is 0 Å². The monoisotopic (exact) mass is 282 g/mol. The fourth-order valence-electron chi connectivity index (χ4n) is 2.89.